The molecule has 0 amide bonds. The van der Waals surface area contributed by atoms with Gasteiger partial charge in [0.05, 0.1) is 31.9 Å². The normalized spacial score (nSPS) is 33.4. The van der Waals surface area contributed by atoms with Crippen LogP contribution >= 0.6 is 0 Å². The molecular formula is C30H36O16. The number of hydrogen-bond acceptors (Lipinski definition) is 16. The summed E-state index contributed by atoms with van der Waals surface area (Å²) in [5.41, 5.74) is -0.961. The van der Waals surface area contributed by atoms with E-state index in [2.05, 4.69) is 0 Å². The van der Waals surface area contributed by atoms with Gasteiger partial charge in [0.15, 0.2) is 23.2 Å². The Balaban J connectivity index is 1.48. The van der Waals surface area contributed by atoms with E-state index < -0.39 is 97.7 Å². The topological polar surface area (TPSA) is 247 Å². The number of fused-ring (bicyclic) bond motifs is 1. The molecule has 0 spiro atoms. The Bertz CT molecular complexity index is 1730. The molecule has 252 valence electrons. The van der Waals surface area contributed by atoms with Crippen molar-refractivity contribution < 1.29 is 79.2 Å². The van der Waals surface area contributed by atoms with Crippen LogP contribution in [0.25, 0.3) is 22.3 Å². The van der Waals surface area contributed by atoms with Gasteiger partial charge in [-0.3, -0.25) is 4.79 Å². The van der Waals surface area contributed by atoms with Gasteiger partial charge in [-0.2, -0.15) is 0 Å². The average Bonchev–Trinajstić information content (AvgIpc) is 3.04. The monoisotopic (exact) mass is 656 g/mol. The summed E-state index contributed by atoms with van der Waals surface area (Å²) in [6.07, 6.45) is -16.1. The second-order valence-corrected chi connectivity index (χ2v) is 10.6. The van der Waals surface area contributed by atoms with Crippen LogP contribution in [0.2, 0.25) is 0 Å². The van der Waals surface area contributed by atoms with Gasteiger partial charge in [-0.25, -0.2) is 0 Å². The fourth-order valence-electron chi connectivity index (χ4n) is 5.07. The van der Waals surface area contributed by atoms with Gasteiger partial charge in [-0.15, -0.1) is 0 Å². The molecule has 46 heavy (non-hydrogen) atoms. The molecule has 0 saturated carbocycles. The van der Waals surface area contributed by atoms with Crippen LogP contribution in [0.5, 0.6) is 23.0 Å². The summed E-state index contributed by atoms with van der Waals surface area (Å²) in [7, 11) is 1.33. The lowest BCUT2D eigenvalue weighted by Gasteiger charge is -2.42. The second kappa shape index (κ2) is 14.1. The van der Waals surface area contributed by atoms with Gasteiger partial charge in [0, 0.05) is 23.8 Å². The van der Waals surface area contributed by atoms with Crippen LogP contribution < -0.4 is 19.6 Å². The first kappa shape index (κ1) is 28.7. The molecule has 2 aliphatic rings. The summed E-state index contributed by atoms with van der Waals surface area (Å²) in [6.45, 7) is -6.21. The maximum Gasteiger partial charge on any atom is 0.229 e. The Morgan fingerprint density at radius 3 is 2.28 bits per heavy atom. The van der Waals surface area contributed by atoms with Crippen LogP contribution in [0.3, 0.4) is 0 Å². The summed E-state index contributed by atoms with van der Waals surface area (Å²) in [6, 6.07) is 7.09. The van der Waals surface area contributed by atoms with E-state index in [1.165, 1.54) is 32.2 Å². The molecule has 0 radical (unpaired) electrons. The van der Waals surface area contributed by atoms with Crippen LogP contribution in [0.15, 0.2) is 45.6 Å². The molecule has 3 aromatic rings. The van der Waals surface area contributed by atoms with Crippen LogP contribution in [0, 0.1) is 0 Å². The standard InChI is InChI=1S/C30H36O16/c1-12-23(34)25(36)27(38)29(43-12)42-11-21-24(35)26(37)28(39)30(46-21)44-14-8-19(41-6-5-31)22-16(33)10-18(45-20(22)9-14)13-3-4-17(40-2)15(32)7-13/h3-4,7-10,12,21,23-32,34-39H,5-6,11H2,1-2H3/t12-,21?,23-,24+,25-,26?,27-,28+,29+,30+/m0/s1/i5D2,6D2. The zero-order chi connectivity index (χ0) is 36.9. The highest BCUT2D eigenvalue weighted by Crippen LogP contribution is 2.36. The molecule has 8 N–H and O–H groups in total. The molecule has 2 saturated heterocycles. The number of phenols is 1. The fourth-order valence-corrected chi connectivity index (χ4v) is 5.07. The number of aromatic hydroxyl groups is 1. The molecule has 0 bridgehead atoms. The van der Waals surface area contributed by atoms with Crippen LogP contribution in [0.4, 0.5) is 0 Å². The summed E-state index contributed by atoms with van der Waals surface area (Å²) in [5.74, 6) is -1.32. The maximum absolute atomic E-state index is 13.4. The predicted octanol–water partition coefficient (Wildman–Crippen LogP) is -1.42. The smallest absolute Gasteiger partial charge is 0.229 e. The van der Waals surface area contributed by atoms with Crippen molar-refractivity contribution in [1.29, 1.82) is 0 Å². The minimum absolute atomic E-state index is 0.104. The number of aliphatic hydroxyl groups excluding tert-OH is 6. The van der Waals surface area contributed by atoms with Gasteiger partial charge < -0.3 is 73.7 Å². The van der Waals surface area contributed by atoms with Crippen LogP contribution in [0.1, 0.15) is 12.4 Å². The van der Waals surface area contributed by atoms with E-state index in [4.69, 9.17) is 38.3 Å². The van der Waals surface area contributed by atoms with Crippen molar-refractivity contribution in [1.82, 2.24) is 0 Å². The number of ether oxygens (including phenoxy) is 6. The lowest BCUT2D eigenvalue weighted by atomic mass is 9.98. The van der Waals surface area contributed by atoms with Crippen molar-refractivity contribution in [3.05, 3.63) is 46.6 Å². The Morgan fingerprint density at radius 2 is 1.59 bits per heavy atom. The van der Waals surface area contributed by atoms with Gasteiger partial charge in [-0.1, -0.05) is 0 Å². The summed E-state index contributed by atoms with van der Waals surface area (Å²) < 4.78 is 69.0. The first-order chi connectivity index (χ1) is 23.3. The highest BCUT2D eigenvalue weighted by atomic mass is 16.7. The third kappa shape index (κ3) is 6.77. The summed E-state index contributed by atoms with van der Waals surface area (Å²) in [4.78, 5) is 13.4. The number of aliphatic hydroxyl groups is 7. The minimum Gasteiger partial charge on any atom is -0.504 e. The van der Waals surface area contributed by atoms with Crippen molar-refractivity contribution in [2.75, 3.05) is 26.8 Å². The maximum atomic E-state index is 13.4. The highest BCUT2D eigenvalue weighted by Gasteiger charge is 2.47. The van der Waals surface area contributed by atoms with Crippen molar-refractivity contribution in [2.24, 2.45) is 0 Å². The van der Waals surface area contributed by atoms with Crippen molar-refractivity contribution in [3.63, 3.8) is 0 Å². The predicted molar refractivity (Wildman–Crippen MR) is 154 cm³/mol. The summed E-state index contributed by atoms with van der Waals surface area (Å²) in [5, 5.41) is 81.7. The fraction of sp³-hybridized carbons (Fsp3) is 0.500. The van der Waals surface area contributed by atoms with E-state index in [9.17, 15) is 45.6 Å². The molecule has 16 heteroatoms. The van der Waals surface area contributed by atoms with Crippen LogP contribution in [-0.2, 0) is 14.2 Å². The Labute approximate surface area is 266 Å². The third-order valence-corrected chi connectivity index (χ3v) is 7.59. The van der Waals surface area contributed by atoms with Gasteiger partial charge in [0.25, 0.3) is 0 Å². The number of benzene rings is 2. The summed E-state index contributed by atoms with van der Waals surface area (Å²) >= 11 is 0. The van der Waals surface area contributed by atoms with Gasteiger partial charge in [-0.05, 0) is 25.1 Å². The highest BCUT2D eigenvalue weighted by molar-refractivity contribution is 5.86. The number of hydrogen-bond donors (Lipinski definition) is 8. The Kier molecular flexibility index (Phi) is 8.76. The van der Waals surface area contributed by atoms with Crippen molar-refractivity contribution in [2.45, 2.75) is 68.3 Å². The lowest BCUT2D eigenvalue weighted by Crippen LogP contribution is -2.61. The number of methoxy groups -OCH3 is 1. The third-order valence-electron chi connectivity index (χ3n) is 7.59. The largest absolute Gasteiger partial charge is 0.504 e. The quantitative estimate of drug-likeness (QED) is 0.125. The van der Waals surface area contributed by atoms with Crippen LogP contribution in [-0.4, -0.2) is 129 Å². The SMILES string of the molecule is [2H]C([2H])(O)C([2H])([2H])Oc1cc(O[C@@H]2OC(CO[C@@H]3O[C@@H](C)[C@H](O)[C@H](O)[C@@H]3O)[C@@H](O)C(O)[C@H]2O)cc2oc(-c3ccc(OC)c(O)c3)cc(=O)c12. The average molecular weight is 657 g/mol. The van der Waals surface area contributed by atoms with Gasteiger partial charge in [0.2, 0.25) is 6.29 Å². The number of phenolic OH excluding ortho intramolecular Hbond substituents is 1. The molecule has 0 aliphatic carbocycles. The van der Waals surface area contributed by atoms with Crippen molar-refractivity contribution in [3.8, 4) is 34.3 Å². The molecule has 2 aliphatic heterocycles. The Hall–Kier alpha value is -3.55. The lowest BCUT2D eigenvalue weighted by molar-refractivity contribution is -0.318. The Morgan fingerprint density at radius 1 is 0.870 bits per heavy atom. The first-order valence-electron chi connectivity index (χ1n) is 15.9. The van der Waals surface area contributed by atoms with Crippen molar-refractivity contribution >= 4 is 11.0 Å². The molecule has 10 atom stereocenters. The van der Waals surface area contributed by atoms with E-state index >= 15 is 0 Å². The van der Waals surface area contributed by atoms with E-state index in [1.807, 2.05) is 0 Å². The molecule has 1 aromatic heterocycles. The molecular weight excluding hydrogens is 616 g/mol. The number of rotatable bonds is 10. The van der Waals surface area contributed by atoms with E-state index in [0.717, 1.165) is 18.2 Å². The molecule has 2 fully saturated rings. The van der Waals surface area contributed by atoms with E-state index in [1.54, 1.807) is 0 Å². The molecule has 16 nitrogen and oxygen atoms in total. The zero-order valence-corrected chi connectivity index (χ0v) is 24.3. The molecule has 2 unspecified atom stereocenters. The van der Waals surface area contributed by atoms with E-state index in [0.29, 0.717) is 0 Å². The van der Waals surface area contributed by atoms with E-state index in [-0.39, 0.29) is 34.2 Å². The van der Waals surface area contributed by atoms with Gasteiger partial charge >= 0.3 is 0 Å². The first-order valence-corrected chi connectivity index (χ1v) is 13.9. The molecule has 5 rings (SSSR count). The minimum atomic E-state index is -3.57. The second-order valence-electron chi connectivity index (χ2n) is 10.6. The molecule has 2 aromatic carbocycles. The van der Waals surface area contributed by atoms with Gasteiger partial charge in [0.1, 0.15) is 77.5 Å². The zero-order valence-electron chi connectivity index (χ0n) is 28.3. The molecule has 3 heterocycles.